The number of benzene rings is 1. The van der Waals surface area contributed by atoms with Crippen LogP contribution in [0.25, 0.3) is 0 Å². The molecule has 3 N–H and O–H groups in total. The van der Waals surface area contributed by atoms with Crippen molar-refractivity contribution in [1.29, 1.82) is 0 Å². The third-order valence-electron chi connectivity index (χ3n) is 2.84. The summed E-state index contributed by atoms with van der Waals surface area (Å²) in [5.74, 6) is 0.0768. The summed E-state index contributed by atoms with van der Waals surface area (Å²) in [6, 6.07) is 8.58. The number of aromatic nitrogens is 1. The first-order valence-corrected chi connectivity index (χ1v) is 7.69. The van der Waals surface area contributed by atoms with Crippen LogP contribution in [0.2, 0.25) is 5.02 Å². The molecule has 0 bridgehead atoms. The Morgan fingerprint density at radius 1 is 1.38 bits per heavy atom. The number of amides is 1. The summed E-state index contributed by atoms with van der Waals surface area (Å²) in [4.78, 5) is 16.5. The Morgan fingerprint density at radius 3 is 2.86 bits per heavy atom. The Morgan fingerprint density at radius 2 is 2.14 bits per heavy atom. The van der Waals surface area contributed by atoms with Gasteiger partial charge in [-0.2, -0.15) is 0 Å². The number of nitrogens with one attached hydrogen (secondary N) is 1. The Labute approximate surface area is 136 Å². The molecule has 0 atom stereocenters. The lowest BCUT2D eigenvalue weighted by Gasteiger charge is -2.09. The first kappa shape index (κ1) is 15.8. The minimum absolute atomic E-state index is 0.263. The Balaban J connectivity index is 2.25. The van der Waals surface area contributed by atoms with E-state index in [4.69, 9.17) is 17.3 Å². The van der Waals surface area contributed by atoms with Crippen molar-refractivity contribution in [1.82, 2.24) is 4.98 Å². The third-order valence-corrected chi connectivity index (χ3v) is 3.67. The van der Waals surface area contributed by atoms with Crippen LogP contribution in [-0.4, -0.2) is 10.9 Å². The lowest BCUT2D eigenvalue weighted by atomic mass is 10.1. The molecule has 0 unspecified atom stereocenters. The number of carbonyl (C=O) groups is 1. The monoisotopic (exact) mass is 367 g/mol. The fourth-order valence-electron chi connectivity index (χ4n) is 1.91. The predicted octanol–water partition coefficient (Wildman–Crippen LogP) is 4.28. The van der Waals surface area contributed by atoms with Crippen molar-refractivity contribution >= 4 is 44.9 Å². The molecule has 2 aromatic rings. The fourth-order valence-corrected chi connectivity index (χ4v) is 2.44. The van der Waals surface area contributed by atoms with Crippen molar-refractivity contribution in [2.45, 2.75) is 19.8 Å². The highest BCUT2D eigenvalue weighted by atomic mass is 79.9. The van der Waals surface area contributed by atoms with Gasteiger partial charge in [0.1, 0.15) is 5.82 Å². The van der Waals surface area contributed by atoms with Crippen LogP contribution in [0.5, 0.6) is 0 Å². The second kappa shape index (κ2) is 6.91. The SMILES string of the molecule is CCCc1cc(C(=O)Nc2cc(Br)ccc2Cl)cc(N)n1. The van der Waals surface area contributed by atoms with Crippen molar-refractivity contribution in [3.8, 4) is 0 Å². The second-order valence-electron chi connectivity index (χ2n) is 4.60. The summed E-state index contributed by atoms with van der Waals surface area (Å²) in [5.41, 5.74) is 7.58. The van der Waals surface area contributed by atoms with E-state index in [0.717, 1.165) is 23.0 Å². The van der Waals surface area contributed by atoms with E-state index in [1.54, 1.807) is 24.3 Å². The first-order chi connectivity index (χ1) is 9.99. The van der Waals surface area contributed by atoms with Gasteiger partial charge in [-0.25, -0.2) is 4.98 Å². The number of aryl methyl sites for hydroxylation is 1. The zero-order chi connectivity index (χ0) is 15.4. The average Bonchev–Trinajstić information content (AvgIpc) is 2.42. The second-order valence-corrected chi connectivity index (χ2v) is 5.92. The fraction of sp³-hybridized carbons (Fsp3) is 0.200. The van der Waals surface area contributed by atoms with Crippen LogP contribution in [0.1, 0.15) is 29.4 Å². The number of hydrogen-bond acceptors (Lipinski definition) is 3. The molecule has 0 aliphatic rings. The summed E-state index contributed by atoms with van der Waals surface area (Å²) in [6.45, 7) is 2.05. The van der Waals surface area contributed by atoms with Crippen molar-refractivity contribution < 1.29 is 4.79 Å². The van der Waals surface area contributed by atoms with Gasteiger partial charge in [-0.1, -0.05) is 40.9 Å². The molecular weight excluding hydrogens is 354 g/mol. The molecule has 110 valence electrons. The molecule has 0 radical (unpaired) electrons. The highest BCUT2D eigenvalue weighted by molar-refractivity contribution is 9.10. The van der Waals surface area contributed by atoms with Crippen LogP contribution >= 0.6 is 27.5 Å². The van der Waals surface area contributed by atoms with Gasteiger partial charge in [0.05, 0.1) is 10.7 Å². The number of pyridine rings is 1. The molecule has 0 saturated heterocycles. The van der Waals surface area contributed by atoms with E-state index in [1.165, 1.54) is 0 Å². The van der Waals surface area contributed by atoms with Crippen LogP contribution in [0, 0.1) is 0 Å². The molecule has 1 amide bonds. The van der Waals surface area contributed by atoms with E-state index in [9.17, 15) is 4.79 Å². The van der Waals surface area contributed by atoms with Gasteiger partial charge < -0.3 is 11.1 Å². The highest BCUT2D eigenvalue weighted by Gasteiger charge is 2.11. The normalized spacial score (nSPS) is 10.4. The Kier molecular flexibility index (Phi) is 5.20. The molecule has 0 saturated carbocycles. The number of nitrogens with zero attached hydrogens (tertiary/aromatic N) is 1. The zero-order valence-electron chi connectivity index (χ0n) is 11.5. The lowest BCUT2D eigenvalue weighted by molar-refractivity contribution is 0.102. The maximum atomic E-state index is 12.3. The third kappa shape index (κ3) is 4.19. The number of rotatable bonds is 4. The van der Waals surface area contributed by atoms with Gasteiger partial charge in [0, 0.05) is 15.7 Å². The molecule has 6 heteroatoms. The van der Waals surface area contributed by atoms with Gasteiger partial charge in [0.2, 0.25) is 0 Å². The van der Waals surface area contributed by atoms with E-state index in [1.807, 2.05) is 13.0 Å². The van der Waals surface area contributed by atoms with Crippen LogP contribution in [0.4, 0.5) is 11.5 Å². The van der Waals surface area contributed by atoms with E-state index in [-0.39, 0.29) is 5.91 Å². The maximum Gasteiger partial charge on any atom is 0.255 e. The van der Waals surface area contributed by atoms with Gasteiger partial charge in [0.25, 0.3) is 5.91 Å². The number of nitrogen functional groups attached to an aromatic ring is 1. The summed E-state index contributed by atoms with van der Waals surface area (Å²) >= 11 is 9.41. The molecule has 0 aliphatic carbocycles. The number of hydrogen-bond donors (Lipinski definition) is 2. The van der Waals surface area contributed by atoms with E-state index in [2.05, 4.69) is 26.2 Å². The van der Waals surface area contributed by atoms with Gasteiger partial charge in [0.15, 0.2) is 0 Å². The van der Waals surface area contributed by atoms with Crippen molar-refractivity contribution in [3.05, 3.63) is 51.1 Å². The maximum absolute atomic E-state index is 12.3. The Bertz CT molecular complexity index is 676. The van der Waals surface area contributed by atoms with Gasteiger partial charge in [-0.3, -0.25) is 4.79 Å². The molecule has 0 aliphatic heterocycles. The topological polar surface area (TPSA) is 68.0 Å². The van der Waals surface area contributed by atoms with Crippen LogP contribution in [0.15, 0.2) is 34.8 Å². The predicted molar refractivity (Wildman–Crippen MR) is 89.7 cm³/mol. The Hall–Kier alpha value is -1.59. The van der Waals surface area contributed by atoms with Gasteiger partial charge >= 0.3 is 0 Å². The van der Waals surface area contributed by atoms with Crippen molar-refractivity contribution in [2.24, 2.45) is 0 Å². The molecule has 0 spiro atoms. The first-order valence-electron chi connectivity index (χ1n) is 6.52. The summed E-state index contributed by atoms with van der Waals surface area (Å²) in [6.07, 6.45) is 1.72. The molecule has 4 nitrogen and oxygen atoms in total. The smallest absolute Gasteiger partial charge is 0.255 e. The quantitative estimate of drug-likeness (QED) is 0.846. The summed E-state index contributed by atoms with van der Waals surface area (Å²) in [5, 5.41) is 3.25. The van der Waals surface area contributed by atoms with Crippen LogP contribution in [0.3, 0.4) is 0 Å². The number of carbonyl (C=O) groups excluding carboxylic acids is 1. The minimum Gasteiger partial charge on any atom is -0.384 e. The number of halogens is 2. The molecule has 0 fully saturated rings. The molecule has 1 heterocycles. The van der Waals surface area contributed by atoms with Crippen molar-refractivity contribution in [2.75, 3.05) is 11.1 Å². The standard InChI is InChI=1S/C15H15BrClN3O/c1-2-3-11-6-9(7-14(18)19-11)15(21)20-13-8-10(16)4-5-12(13)17/h4-8H,2-3H2,1H3,(H2,18,19)(H,20,21). The van der Waals surface area contributed by atoms with E-state index >= 15 is 0 Å². The summed E-state index contributed by atoms with van der Waals surface area (Å²) in [7, 11) is 0. The van der Waals surface area contributed by atoms with E-state index < -0.39 is 0 Å². The minimum atomic E-state index is -0.263. The lowest BCUT2D eigenvalue weighted by Crippen LogP contribution is -2.14. The molecule has 1 aromatic carbocycles. The largest absolute Gasteiger partial charge is 0.384 e. The molecule has 2 rings (SSSR count). The zero-order valence-corrected chi connectivity index (χ0v) is 13.8. The molecular formula is C15H15BrClN3O. The number of anilines is 2. The highest BCUT2D eigenvalue weighted by Crippen LogP contribution is 2.26. The van der Waals surface area contributed by atoms with E-state index in [0.29, 0.717) is 22.1 Å². The number of nitrogens with two attached hydrogens (primary N) is 1. The van der Waals surface area contributed by atoms with Crippen LogP contribution < -0.4 is 11.1 Å². The molecule has 21 heavy (non-hydrogen) atoms. The molecule has 1 aromatic heterocycles. The average molecular weight is 369 g/mol. The van der Waals surface area contributed by atoms with Gasteiger partial charge in [-0.15, -0.1) is 0 Å². The van der Waals surface area contributed by atoms with Gasteiger partial charge in [-0.05, 0) is 36.8 Å². The van der Waals surface area contributed by atoms with Crippen molar-refractivity contribution in [3.63, 3.8) is 0 Å². The van der Waals surface area contributed by atoms with Crippen LogP contribution in [-0.2, 0) is 6.42 Å². The summed E-state index contributed by atoms with van der Waals surface area (Å²) < 4.78 is 0.836.